The third-order valence-corrected chi connectivity index (χ3v) is 7.33. The van der Waals surface area contributed by atoms with Crippen molar-refractivity contribution in [1.29, 1.82) is 0 Å². The molecule has 5 aromatic carbocycles. The molecule has 160 valence electrons. The van der Waals surface area contributed by atoms with Crippen LogP contribution >= 0.6 is 27.3 Å². The molecule has 0 unspecified atom stereocenters. The highest BCUT2D eigenvalue weighted by molar-refractivity contribution is 9.10. The van der Waals surface area contributed by atoms with Gasteiger partial charge in [-0.15, -0.1) is 11.3 Å². The van der Waals surface area contributed by atoms with Gasteiger partial charge >= 0.3 is 0 Å². The van der Waals surface area contributed by atoms with Crippen molar-refractivity contribution in [1.82, 2.24) is 0 Å². The molecule has 3 heteroatoms. The molecule has 0 saturated heterocycles. The molecule has 6 aromatic rings. The molecule has 1 heterocycles. The second kappa shape index (κ2) is 9.62. The molecule has 0 aliphatic rings. The molecule has 0 atom stereocenters. The first-order chi connectivity index (χ1) is 16.2. The van der Waals surface area contributed by atoms with Gasteiger partial charge < -0.3 is 5.73 Å². The number of nitrogen functional groups attached to an aromatic ring is 1. The number of fused-ring (bicyclic) bond motifs is 3. The van der Waals surface area contributed by atoms with Crippen LogP contribution in [0.15, 0.2) is 126 Å². The lowest BCUT2D eigenvalue weighted by Gasteiger charge is -2.03. The van der Waals surface area contributed by atoms with Crippen LogP contribution in [0, 0.1) is 0 Å². The molecule has 0 saturated carbocycles. The summed E-state index contributed by atoms with van der Waals surface area (Å²) >= 11 is 5.37. The quantitative estimate of drug-likeness (QED) is 0.232. The van der Waals surface area contributed by atoms with Gasteiger partial charge in [0.1, 0.15) is 0 Å². The van der Waals surface area contributed by atoms with E-state index in [0.29, 0.717) is 0 Å². The minimum atomic E-state index is 0.805. The predicted octanol–water partition coefficient (Wildman–Crippen LogP) is 9.42. The maximum absolute atomic E-state index is 5.60. The van der Waals surface area contributed by atoms with Gasteiger partial charge in [-0.1, -0.05) is 107 Å². The summed E-state index contributed by atoms with van der Waals surface area (Å²) < 4.78 is 3.84. The number of hydrogen-bond acceptors (Lipinski definition) is 2. The smallest absolute Gasteiger partial charge is 0.0433 e. The van der Waals surface area contributed by atoms with Crippen LogP contribution in [0.25, 0.3) is 42.4 Å². The van der Waals surface area contributed by atoms with E-state index in [2.05, 4.69) is 94.8 Å². The summed E-state index contributed by atoms with van der Waals surface area (Å²) in [4.78, 5) is 0. The Balaban J connectivity index is 0.000000152. The molecule has 0 spiro atoms. The lowest BCUT2D eigenvalue weighted by molar-refractivity contribution is 1.61. The Morgan fingerprint density at radius 3 is 1.88 bits per heavy atom. The highest BCUT2D eigenvalue weighted by Gasteiger charge is 2.09. The number of rotatable bonds is 2. The first-order valence-electron chi connectivity index (χ1n) is 10.8. The molecule has 0 bridgehead atoms. The van der Waals surface area contributed by atoms with E-state index in [9.17, 15) is 0 Å². The van der Waals surface area contributed by atoms with Crippen molar-refractivity contribution in [2.24, 2.45) is 0 Å². The van der Waals surface area contributed by atoms with Crippen molar-refractivity contribution in [3.8, 4) is 22.3 Å². The number of anilines is 1. The second-order valence-corrected chi connectivity index (χ2v) is 9.74. The molecule has 6 rings (SSSR count). The lowest BCUT2D eigenvalue weighted by atomic mass is 10.0. The van der Waals surface area contributed by atoms with Crippen LogP contribution in [-0.2, 0) is 0 Å². The maximum Gasteiger partial charge on any atom is 0.0433 e. The summed E-state index contributed by atoms with van der Waals surface area (Å²) in [7, 11) is 0. The number of hydrogen-bond donors (Lipinski definition) is 1. The minimum absolute atomic E-state index is 0.805. The van der Waals surface area contributed by atoms with E-state index in [1.54, 1.807) is 0 Å². The number of thiophene rings is 1. The van der Waals surface area contributed by atoms with Crippen LogP contribution < -0.4 is 5.73 Å². The zero-order valence-electron chi connectivity index (χ0n) is 17.9. The normalized spacial score (nSPS) is 10.7. The van der Waals surface area contributed by atoms with Crippen molar-refractivity contribution in [2.45, 2.75) is 0 Å². The molecule has 1 nitrogen and oxygen atoms in total. The van der Waals surface area contributed by atoms with Crippen LogP contribution in [0.3, 0.4) is 0 Å². The Hall–Kier alpha value is -3.40. The number of halogens is 1. The van der Waals surface area contributed by atoms with Gasteiger partial charge in [0, 0.05) is 30.3 Å². The Labute approximate surface area is 206 Å². The molecule has 0 fully saturated rings. The number of benzene rings is 5. The molecule has 0 amide bonds. The summed E-state index contributed by atoms with van der Waals surface area (Å²) in [5.41, 5.74) is 11.4. The average molecular weight is 508 g/mol. The van der Waals surface area contributed by atoms with Gasteiger partial charge in [-0.2, -0.15) is 0 Å². The highest BCUT2D eigenvalue weighted by atomic mass is 79.9. The van der Waals surface area contributed by atoms with Crippen molar-refractivity contribution >= 4 is 53.1 Å². The third kappa shape index (κ3) is 4.70. The first-order valence-corrected chi connectivity index (χ1v) is 12.4. The predicted molar refractivity (Wildman–Crippen MR) is 149 cm³/mol. The Bertz CT molecular complexity index is 1500. The van der Waals surface area contributed by atoms with Crippen LogP contribution in [-0.4, -0.2) is 0 Å². The lowest BCUT2D eigenvalue weighted by Crippen LogP contribution is -1.83. The monoisotopic (exact) mass is 507 g/mol. The molecule has 0 aliphatic heterocycles. The van der Waals surface area contributed by atoms with Gasteiger partial charge in [0.2, 0.25) is 0 Å². The van der Waals surface area contributed by atoms with Crippen LogP contribution in [0.5, 0.6) is 0 Å². The van der Waals surface area contributed by atoms with Gasteiger partial charge in [0.15, 0.2) is 0 Å². The number of nitrogens with two attached hydrogens (primary N) is 1. The zero-order valence-corrected chi connectivity index (χ0v) is 20.3. The van der Waals surface area contributed by atoms with E-state index in [1.807, 2.05) is 53.8 Å². The Kier molecular flexibility index (Phi) is 6.25. The standard InChI is InChI=1S/C18H11BrS.C12H11N/c19-13-10-8-12(9-11-13)14-5-3-6-16-15-4-1-2-7-17(15)20-18(14)16;13-12-8-6-11(7-9-12)10-4-2-1-3-5-10/h1-11H;1-9H,13H2. The highest BCUT2D eigenvalue weighted by Crippen LogP contribution is 2.39. The van der Waals surface area contributed by atoms with Crippen LogP contribution in [0.1, 0.15) is 0 Å². The maximum atomic E-state index is 5.60. The topological polar surface area (TPSA) is 26.0 Å². The van der Waals surface area contributed by atoms with Gasteiger partial charge in [0.25, 0.3) is 0 Å². The fourth-order valence-electron chi connectivity index (χ4n) is 3.91. The van der Waals surface area contributed by atoms with Gasteiger partial charge in [-0.25, -0.2) is 0 Å². The van der Waals surface area contributed by atoms with E-state index in [1.165, 1.54) is 42.4 Å². The molecular formula is C30H22BrNS. The van der Waals surface area contributed by atoms with Gasteiger partial charge in [-0.3, -0.25) is 0 Å². The summed E-state index contributed by atoms with van der Waals surface area (Å²) in [5, 5.41) is 2.71. The van der Waals surface area contributed by atoms with Crippen molar-refractivity contribution < 1.29 is 0 Å². The zero-order chi connectivity index (χ0) is 22.6. The summed E-state index contributed by atoms with van der Waals surface area (Å²) in [6.07, 6.45) is 0. The van der Waals surface area contributed by atoms with Crippen molar-refractivity contribution in [2.75, 3.05) is 5.73 Å². The third-order valence-electron chi connectivity index (χ3n) is 5.58. The SMILES string of the molecule is Brc1ccc(-c2cccc3c2sc2ccccc23)cc1.Nc1ccc(-c2ccccc2)cc1. The summed E-state index contributed by atoms with van der Waals surface area (Å²) in [6.45, 7) is 0. The molecule has 1 aromatic heterocycles. The van der Waals surface area contributed by atoms with Crippen molar-refractivity contribution in [3.63, 3.8) is 0 Å². The molecule has 33 heavy (non-hydrogen) atoms. The van der Waals surface area contributed by atoms with Gasteiger partial charge in [0.05, 0.1) is 0 Å². The fraction of sp³-hybridized carbons (Fsp3) is 0. The van der Waals surface area contributed by atoms with E-state index in [4.69, 9.17) is 5.73 Å². The fourth-order valence-corrected chi connectivity index (χ4v) is 5.41. The average Bonchev–Trinajstić information content (AvgIpc) is 3.25. The molecule has 0 radical (unpaired) electrons. The van der Waals surface area contributed by atoms with E-state index in [-0.39, 0.29) is 0 Å². The van der Waals surface area contributed by atoms with E-state index < -0.39 is 0 Å². The van der Waals surface area contributed by atoms with Gasteiger partial charge in [-0.05, 0) is 52.6 Å². The second-order valence-electron chi connectivity index (χ2n) is 7.78. The van der Waals surface area contributed by atoms with Crippen molar-refractivity contribution in [3.05, 3.63) is 126 Å². The molecule has 0 aliphatic carbocycles. The van der Waals surface area contributed by atoms with E-state index >= 15 is 0 Å². The largest absolute Gasteiger partial charge is 0.399 e. The summed E-state index contributed by atoms with van der Waals surface area (Å²) in [5.74, 6) is 0. The first kappa shape index (κ1) is 21.4. The Morgan fingerprint density at radius 2 is 1.12 bits per heavy atom. The van der Waals surface area contributed by atoms with Crippen LogP contribution in [0.2, 0.25) is 0 Å². The summed E-state index contributed by atoms with van der Waals surface area (Å²) in [6, 6.07) is 41.9. The minimum Gasteiger partial charge on any atom is -0.399 e. The molecule has 2 N–H and O–H groups in total. The van der Waals surface area contributed by atoms with Crippen LogP contribution in [0.4, 0.5) is 5.69 Å². The van der Waals surface area contributed by atoms with E-state index in [0.717, 1.165) is 10.2 Å². The Morgan fingerprint density at radius 1 is 0.515 bits per heavy atom. The molecular weight excluding hydrogens is 486 g/mol.